The van der Waals surface area contributed by atoms with E-state index in [-0.39, 0.29) is 23.3 Å². The molecule has 0 unspecified atom stereocenters. The fourth-order valence-electron chi connectivity index (χ4n) is 4.46. The van der Waals surface area contributed by atoms with Crippen molar-refractivity contribution in [1.82, 2.24) is 10.2 Å². The smallest absolute Gasteiger partial charge is 0.264 e. The minimum Gasteiger partial charge on any atom is -0.497 e. The molecule has 0 heterocycles. The number of anilines is 1. The van der Waals surface area contributed by atoms with Crippen molar-refractivity contribution in [3.8, 4) is 5.75 Å². The van der Waals surface area contributed by atoms with Crippen LogP contribution in [0.25, 0.3) is 0 Å². The summed E-state index contributed by atoms with van der Waals surface area (Å²) < 4.78 is 34.3. The minimum absolute atomic E-state index is 0.0682. The summed E-state index contributed by atoms with van der Waals surface area (Å²) in [7, 11) is -2.60. The number of benzene rings is 3. The average Bonchev–Trinajstić information content (AvgIpc) is 2.94. The van der Waals surface area contributed by atoms with Crippen LogP contribution in [0.5, 0.6) is 5.75 Å². The van der Waals surface area contributed by atoms with Crippen LogP contribution in [0.15, 0.2) is 77.7 Å². The largest absolute Gasteiger partial charge is 0.497 e. The van der Waals surface area contributed by atoms with Gasteiger partial charge in [0.05, 0.1) is 17.7 Å². The van der Waals surface area contributed by atoms with Crippen LogP contribution in [0.3, 0.4) is 0 Å². The quantitative estimate of drug-likeness (QED) is 0.305. The molecular formula is C32H41N3O5S. The second kappa shape index (κ2) is 14.2. The summed E-state index contributed by atoms with van der Waals surface area (Å²) in [6.07, 6.45) is 0.370. The van der Waals surface area contributed by atoms with E-state index < -0.39 is 28.5 Å². The normalized spacial score (nSPS) is 12.1. The topological polar surface area (TPSA) is 96.0 Å². The van der Waals surface area contributed by atoms with E-state index in [2.05, 4.69) is 5.32 Å². The first kappa shape index (κ1) is 31.7. The summed E-state index contributed by atoms with van der Waals surface area (Å²) in [4.78, 5) is 29.0. The molecule has 9 heteroatoms. The molecule has 0 spiro atoms. The molecule has 220 valence electrons. The molecule has 3 aromatic rings. The Morgan fingerprint density at radius 1 is 0.927 bits per heavy atom. The van der Waals surface area contributed by atoms with Crippen LogP contribution in [-0.2, 0) is 26.2 Å². The highest BCUT2D eigenvalue weighted by molar-refractivity contribution is 7.92. The highest BCUT2D eigenvalue weighted by Gasteiger charge is 2.33. The van der Waals surface area contributed by atoms with Gasteiger partial charge in [-0.05, 0) is 68.1 Å². The predicted octanol–water partition coefficient (Wildman–Crippen LogP) is 5.09. The van der Waals surface area contributed by atoms with Crippen LogP contribution in [-0.4, -0.2) is 51.4 Å². The molecule has 3 rings (SSSR count). The fraction of sp³-hybridized carbons (Fsp3) is 0.375. The molecule has 0 fully saturated rings. The number of nitrogens with one attached hydrogen (secondary N) is 1. The average molecular weight is 580 g/mol. The monoisotopic (exact) mass is 579 g/mol. The van der Waals surface area contributed by atoms with Crippen LogP contribution < -0.4 is 14.4 Å². The molecule has 0 radical (unpaired) electrons. The summed E-state index contributed by atoms with van der Waals surface area (Å²) in [6.45, 7) is 9.83. The van der Waals surface area contributed by atoms with Gasteiger partial charge < -0.3 is 15.0 Å². The molecule has 0 aliphatic rings. The SMILES string of the molecule is CC[C@H](C(=O)NCC(C)C)N(Cc1cccc(C)c1)C(=O)CN(c1ccc(OC)cc1)S(=O)(=O)c1ccc(C)cc1. The van der Waals surface area contributed by atoms with Crippen molar-refractivity contribution in [3.05, 3.63) is 89.5 Å². The molecular weight excluding hydrogens is 538 g/mol. The molecule has 0 aromatic heterocycles. The lowest BCUT2D eigenvalue weighted by molar-refractivity contribution is -0.140. The maximum absolute atomic E-state index is 14.1. The molecule has 0 saturated heterocycles. The summed E-state index contributed by atoms with van der Waals surface area (Å²) in [5, 5.41) is 2.95. The van der Waals surface area contributed by atoms with Crippen LogP contribution >= 0.6 is 0 Å². The maximum Gasteiger partial charge on any atom is 0.264 e. The Balaban J connectivity index is 2.05. The summed E-state index contributed by atoms with van der Waals surface area (Å²) in [5.74, 6) is 0.0495. The minimum atomic E-state index is -4.13. The molecule has 1 N–H and O–H groups in total. The number of hydrogen-bond donors (Lipinski definition) is 1. The molecule has 0 bridgehead atoms. The fourth-order valence-corrected chi connectivity index (χ4v) is 5.88. The highest BCUT2D eigenvalue weighted by atomic mass is 32.2. The number of rotatable bonds is 13. The first-order valence-electron chi connectivity index (χ1n) is 13.8. The van der Waals surface area contributed by atoms with Gasteiger partial charge in [0.2, 0.25) is 11.8 Å². The third-order valence-corrected chi connectivity index (χ3v) is 8.54. The molecule has 8 nitrogen and oxygen atoms in total. The lowest BCUT2D eigenvalue weighted by Crippen LogP contribution is -2.52. The van der Waals surface area contributed by atoms with Gasteiger partial charge in [-0.15, -0.1) is 0 Å². The Hall–Kier alpha value is -3.85. The Morgan fingerprint density at radius 3 is 2.15 bits per heavy atom. The first-order chi connectivity index (χ1) is 19.5. The maximum atomic E-state index is 14.1. The van der Waals surface area contributed by atoms with Crippen LogP contribution in [0.2, 0.25) is 0 Å². The highest BCUT2D eigenvalue weighted by Crippen LogP contribution is 2.27. The molecule has 2 amide bonds. The molecule has 0 saturated carbocycles. The zero-order valence-corrected chi connectivity index (χ0v) is 25.6. The number of carbonyl (C=O) groups is 2. The third-order valence-electron chi connectivity index (χ3n) is 6.75. The van der Waals surface area contributed by atoms with Gasteiger partial charge in [0, 0.05) is 13.1 Å². The number of carbonyl (C=O) groups excluding carboxylic acids is 2. The molecule has 1 atom stereocenters. The van der Waals surface area contributed by atoms with Gasteiger partial charge in [0.15, 0.2) is 0 Å². The third kappa shape index (κ3) is 8.33. The number of sulfonamides is 1. The second-order valence-electron chi connectivity index (χ2n) is 10.6. The zero-order chi connectivity index (χ0) is 30.2. The molecule has 0 aliphatic carbocycles. The van der Waals surface area contributed by atoms with Crippen molar-refractivity contribution in [2.75, 3.05) is 24.5 Å². The predicted molar refractivity (Wildman–Crippen MR) is 162 cm³/mol. The lowest BCUT2D eigenvalue weighted by Gasteiger charge is -2.33. The van der Waals surface area contributed by atoms with E-state index in [1.165, 1.54) is 24.1 Å². The van der Waals surface area contributed by atoms with Crippen molar-refractivity contribution >= 4 is 27.5 Å². The zero-order valence-electron chi connectivity index (χ0n) is 24.8. The van der Waals surface area contributed by atoms with Crippen molar-refractivity contribution in [2.24, 2.45) is 5.92 Å². The Morgan fingerprint density at radius 2 is 1.59 bits per heavy atom. The van der Waals surface area contributed by atoms with Crippen molar-refractivity contribution < 1.29 is 22.7 Å². The number of amides is 2. The van der Waals surface area contributed by atoms with Gasteiger partial charge in [-0.2, -0.15) is 0 Å². The van der Waals surface area contributed by atoms with Gasteiger partial charge in [0.25, 0.3) is 10.0 Å². The Kier molecular flexibility index (Phi) is 10.9. The molecule has 0 aliphatic heterocycles. The standard InChI is InChI=1S/C32H41N3O5S/c1-7-30(32(37)33-20-23(2)3)34(21-26-10-8-9-25(5)19-26)31(36)22-35(27-13-15-28(40-6)16-14-27)41(38,39)29-17-11-24(4)12-18-29/h8-19,23,30H,7,20-22H2,1-6H3,(H,33,37)/t30-/m1/s1. The second-order valence-corrected chi connectivity index (χ2v) is 12.5. The number of nitrogens with zero attached hydrogens (tertiary/aromatic N) is 2. The summed E-state index contributed by atoms with van der Waals surface area (Å²) in [5.41, 5.74) is 3.10. The lowest BCUT2D eigenvalue weighted by atomic mass is 10.1. The van der Waals surface area contributed by atoms with Crippen LogP contribution in [0.4, 0.5) is 5.69 Å². The van der Waals surface area contributed by atoms with Crippen molar-refractivity contribution in [2.45, 2.75) is 58.5 Å². The summed E-state index contributed by atoms with van der Waals surface area (Å²) in [6, 6.07) is 20.0. The van der Waals surface area contributed by atoms with E-state index in [1.54, 1.807) is 36.4 Å². The van der Waals surface area contributed by atoms with E-state index in [0.29, 0.717) is 24.4 Å². The van der Waals surface area contributed by atoms with Crippen LogP contribution in [0, 0.1) is 19.8 Å². The summed E-state index contributed by atoms with van der Waals surface area (Å²) >= 11 is 0. The van der Waals surface area contributed by atoms with Crippen molar-refractivity contribution in [1.29, 1.82) is 0 Å². The Labute approximate surface area is 244 Å². The number of hydrogen-bond acceptors (Lipinski definition) is 5. The van der Waals surface area contributed by atoms with E-state index in [0.717, 1.165) is 21.0 Å². The van der Waals surface area contributed by atoms with E-state index in [9.17, 15) is 18.0 Å². The van der Waals surface area contributed by atoms with Gasteiger partial charge >= 0.3 is 0 Å². The van der Waals surface area contributed by atoms with E-state index >= 15 is 0 Å². The number of ether oxygens (including phenoxy) is 1. The number of methoxy groups -OCH3 is 1. The van der Waals surface area contributed by atoms with Gasteiger partial charge in [0.1, 0.15) is 18.3 Å². The Bertz CT molecular complexity index is 1420. The van der Waals surface area contributed by atoms with Gasteiger partial charge in [-0.1, -0.05) is 68.3 Å². The first-order valence-corrected chi connectivity index (χ1v) is 15.3. The molecule has 3 aromatic carbocycles. The van der Waals surface area contributed by atoms with Crippen molar-refractivity contribution in [3.63, 3.8) is 0 Å². The van der Waals surface area contributed by atoms with E-state index in [4.69, 9.17) is 4.74 Å². The van der Waals surface area contributed by atoms with Crippen LogP contribution in [0.1, 0.15) is 43.9 Å². The molecule has 41 heavy (non-hydrogen) atoms. The van der Waals surface area contributed by atoms with Gasteiger partial charge in [-0.25, -0.2) is 8.42 Å². The number of aryl methyl sites for hydroxylation is 2. The van der Waals surface area contributed by atoms with Gasteiger partial charge in [-0.3, -0.25) is 13.9 Å². The van der Waals surface area contributed by atoms with E-state index in [1.807, 2.05) is 58.9 Å².